The topological polar surface area (TPSA) is 47.4 Å². The van der Waals surface area contributed by atoms with E-state index in [0.29, 0.717) is 26.3 Å². The van der Waals surface area contributed by atoms with E-state index in [1.165, 1.54) is 0 Å². The second-order valence-corrected chi connectivity index (χ2v) is 7.00. The van der Waals surface area contributed by atoms with Crippen molar-refractivity contribution >= 4 is 27.3 Å². The molecule has 0 spiro atoms. The number of carbonyl (C=O) groups excluding carboxylic acids is 1. The lowest BCUT2D eigenvalue weighted by atomic mass is 10.2. The maximum absolute atomic E-state index is 13.0. The molecular formula is C18H19N3O2S. The van der Waals surface area contributed by atoms with Crippen LogP contribution in [0.15, 0.2) is 42.6 Å². The first-order valence-corrected chi connectivity index (χ1v) is 8.96. The summed E-state index contributed by atoms with van der Waals surface area (Å²) in [6.07, 6.45) is 1.79. The third-order valence-electron chi connectivity index (χ3n) is 4.32. The van der Waals surface area contributed by atoms with Crippen LogP contribution in [-0.4, -0.2) is 40.3 Å². The van der Waals surface area contributed by atoms with E-state index in [2.05, 4.69) is 11.2 Å². The van der Waals surface area contributed by atoms with Gasteiger partial charge in [0.05, 0.1) is 29.8 Å². The quantitative estimate of drug-likeness (QED) is 0.731. The molecule has 1 aromatic carbocycles. The predicted octanol–water partition coefficient (Wildman–Crippen LogP) is 3.33. The molecule has 0 fully saturated rings. The summed E-state index contributed by atoms with van der Waals surface area (Å²) in [7, 11) is 0. The van der Waals surface area contributed by atoms with E-state index >= 15 is 0 Å². The number of fused-ring (bicyclic) bond motifs is 2. The molecule has 6 heteroatoms. The fraction of sp³-hybridized carbons (Fsp3) is 0.333. The summed E-state index contributed by atoms with van der Waals surface area (Å²) in [6, 6.07) is 12.1. The summed E-state index contributed by atoms with van der Waals surface area (Å²) in [6.45, 7) is 4.43. The van der Waals surface area contributed by atoms with Gasteiger partial charge in [0.15, 0.2) is 0 Å². The van der Waals surface area contributed by atoms with Gasteiger partial charge in [0.25, 0.3) is 5.91 Å². The second-order valence-electron chi connectivity index (χ2n) is 5.91. The van der Waals surface area contributed by atoms with E-state index in [4.69, 9.17) is 4.74 Å². The average molecular weight is 341 g/mol. The number of amides is 1. The largest absolute Gasteiger partial charge is 0.379 e. The van der Waals surface area contributed by atoms with Crippen molar-refractivity contribution in [2.75, 3.05) is 19.8 Å². The van der Waals surface area contributed by atoms with Crippen LogP contribution in [0.3, 0.4) is 0 Å². The Balaban J connectivity index is 1.60. The van der Waals surface area contributed by atoms with Crippen molar-refractivity contribution in [3.63, 3.8) is 0 Å². The van der Waals surface area contributed by atoms with Gasteiger partial charge in [0.2, 0.25) is 0 Å². The highest BCUT2D eigenvalue weighted by Crippen LogP contribution is 2.28. The van der Waals surface area contributed by atoms with Gasteiger partial charge in [0.1, 0.15) is 0 Å². The molecule has 0 unspecified atom stereocenters. The van der Waals surface area contributed by atoms with Crippen LogP contribution in [0.5, 0.6) is 0 Å². The molecular weight excluding hydrogens is 322 g/mol. The van der Waals surface area contributed by atoms with Crippen molar-refractivity contribution < 1.29 is 9.53 Å². The van der Waals surface area contributed by atoms with E-state index in [0.717, 1.165) is 20.7 Å². The van der Waals surface area contributed by atoms with E-state index in [9.17, 15) is 4.79 Å². The van der Waals surface area contributed by atoms with Crippen molar-refractivity contribution in [3.8, 4) is 0 Å². The molecule has 2 aromatic heterocycles. The molecule has 1 atom stereocenters. The average Bonchev–Trinajstić information content (AvgIpc) is 3.25. The Labute approximate surface area is 144 Å². The van der Waals surface area contributed by atoms with Crippen molar-refractivity contribution in [2.24, 2.45) is 0 Å². The summed E-state index contributed by atoms with van der Waals surface area (Å²) >= 11 is 1.56. The second kappa shape index (κ2) is 6.37. The highest BCUT2D eigenvalue weighted by molar-refractivity contribution is 7.20. The molecule has 0 N–H and O–H groups in total. The minimum Gasteiger partial charge on any atom is -0.379 e. The van der Waals surface area contributed by atoms with E-state index in [1.54, 1.807) is 17.5 Å². The van der Waals surface area contributed by atoms with Crippen LogP contribution in [-0.2, 0) is 11.3 Å². The molecule has 1 amide bonds. The molecule has 3 aromatic rings. The van der Waals surface area contributed by atoms with Crippen LogP contribution in [0.4, 0.5) is 0 Å². The summed E-state index contributed by atoms with van der Waals surface area (Å²) in [5, 5.41) is 5.52. The summed E-state index contributed by atoms with van der Waals surface area (Å²) in [4.78, 5) is 15.7. The highest BCUT2D eigenvalue weighted by Gasteiger charge is 2.29. The highest BCUT2D eigenvalue weighted by atomic mass is 32.1. The zero-order valence-corrected chi connectivity index (χ0v) is 14.3. The van der Waals surface area contributed by atoms with Gasteiger partial charge in [-0.3, -0.25) is 9.48 Å². The Morgan fingerprint density at radius 2 is 2.25 bits per heavy atom. The molecule has 4 rings (SSSR count). The Kier molecular flexibility index (Phi) is 4.08. The number of thiophene rings is 1. The van der Waals surface area contributed by atoms with Crippen LogP contribution >= 0.6 is 11.3 Å². The Morgan fingerprint density at radius 1 is 1.38 bits per heavy atom. The summed E-state index contributed by atoms with van der Waals surface area (Å²) < 4.78 is 8.72. The minimum atomic E-state index is 0.0713. The number of carbonyl (C=O) groups is 1. The van der Waals surface area contributed by atoms with Crippen LogP contribution in [0.2, 0.25) is 0 Å². The molecule has 0 saturated carbocycles. The molecule has 1 aliphatic heterocycles. The third kappa shape index (κ3) is 2.72. The standard InChI is InChI=1S/C18H19N3O2S/c1-2-23-12-15-11-20(10-14-7-8-19-21(14)15)18(22)17-9-13-5-3-4-6-16(13)24-17/h3-9,15H,2,10-12H2,1H3/t15-/m1/s1. The number of benzene rings is 1. The van der Waals surface area contributed by atoms with Crippen LogP contribution < -0.4 is 0 Å². The molecule has 24 heavy (non-hydrogen) atoms. The van der Waals surface area contributed by atoms with Gasteiger partial charge in [-0.05, 0) is 30.5 Å². The van der Waals surface area contributed by atoms with Gasteiger partial charge in [-0.15, -0.1) is 11.3 Å². The zero-order chi connectivity index (χ0) is 16.5. The smallest absolute Gasteiger partial charge is 0.264 e. The van der Waals surface area contributed by atoms with Crippen molar-refractivity contribution in [1.82, 2.24) is 14.7 Å². The first-order chi connectivity index (χ1) is 11.8. The third-order valence-corrected chi connectivity index (χ3v) is 5.42. The molecule has 0 aliphatic carbocycles. The summed E-state index contributed by atoms with van der Waals surface area (Å²) in [5.74, 6) is 0.0881. The lowest BCUT2D eigenvalue weighted by Gasteiger charge is -2.33. The molecule has 5 nitrogen and oxygen atoms in total. The van der Waals surface area contributed by atoms with Gasteiger partial charge in [-0.2, -0.15) is 5.10 Å². The number of ether oxygens (including phenoxy) is 1. The van der Waals surface area contributed by atoms with E-state index in [-0.39, 0.29) is 11.9 Å². The van der Waals surface area contributed by atoms with E-state index in [1.807, 2.05) is 46.8 Å². The number of nitrogens with zero attached hydrogens (tertiary/aromatic N) is 3. The summed E-state index contributed by atoms with van der Waals surface area (Å²) in [5.41, 5.74) is 1.06. The lowest BCUT2D eigenvalue weighted by Crippen LogP contribution is -2.42. The minimum absolute atomic E-state index is 0.0713. The van der Waals surface area contributed by atoms with Gasteiger partial charge in [0, 0.05) is 24.0 Å². The first kappa shape index (κ1) is 15.4. The monoisotopic (exact) mass is 341 g/mol. The maximum atomic E-state index is 13.0. The van der Waals surface area contributed by atoms with Crippen LogP contribution in [0.1, 0.15) is 28.3 Å². The predicted molar refractivity (Wildman–Crippen MR) is 94.3 cm³/mol. The van der Waals surface area contributed by atoms with Crippen molar-refractivity contribution in [2.45, 2.75) is 19.5 Å². The molecule has 0 radical (unpaired) electrons. The number of rotatable bonds is 4. The first-order valence-electron chi connectivity index (χ1n) is 8.14. The Morgan fingerprint density at radius 3 is 3.08 bits per heavy atom. The maximum Gasteiger partial charge on any atom is 0.264 e. The fourth-order valence-corrected chi connectivity index (χ4v) is 4.19. The SMILES string of the molecule is CCOC[C@H]1CN(C(=O)c2cc3ccccc3s2)Cc2ccnn21. The van der Waals surface area contributed by atoms with Gasteiger partial charge in [-0.1, -0.05) is 18.2 Å². The van der Waals surface area contributed by atoms with Crippen molar-refractivity contribution in [1.29, 1.82) is 0 Å². The van der Waals surface area contributed by atoms with Gasteiger partial charge in [-0.25, -0.2) is 0 Å². The molecule has 124 valence electrons. The zero-order valence-electron chi connectivity index (χ0n) is 13.5. The molecule has 0 saturated heterocycles. The molecule has 1 aliphatic rings. The molecule has 3 heterocycles. The Bertz CT molecular complexity index is 837. The van der Waals surface area contributed by atoms with Crippen LogP contribution in [0, 0.1) is 0 Å². The molecule has 0 bridgehead atoms. The normalized spacial score (nSPS) is 17.2. The number of hydrogen-bond donors (Lipinski definition) is 0. The number of hydrogen-bond acceptors (Lipinski definition) is 4. The van der Waals surface area contributed by atoms with E-state index < -0.39 is 0 Å². The number of aromatic nitrogens is 2. The Hall–Kier alpha value is -2.18. The lowest BCUT2D eigenvalue weighted by molar-refractivity contribution is 0.0520. The van der Waals surface area contributed by atoms with Gasteiger partial charge >= 0.3 is 0 Å². The van der Waals surface area contributed by atoms with Crippen molar-refractivity contribution in [3.05, 3.63) is 53.2 Å². The van der Waals surface area contributed by atoms with Crippen LogP contribution in [0.25, 0.3) is 10.1 Å². The fourth-order valence-electron chi connectivity index (χ4n) is 3.16. The van der Waals surface area contributed by atoms with Gasteiger partial charge < -0.3 is 9.64 Å².